The number of carbonyl (C=O) groups is 2. The number of rotatable bonds is 13. The number of thioether (sulfide) groups is 1. The number of benzene rings is 2. The van der Waals surface area contributed by atoms with Crippen molar-refractivity contribution in [1.82, 2.24) is 9.80 Å². The van der Waals surface area contributed by atoms with Gasteiger partial charge in [0.25, 0.3) is 5.91 Å². The van der Waals surface area contributed by atoms with Gasteiger partial charge in [-0.2, -0.15) is 13.5 Å². The van der Waals surface area contributed by atoms with Crippen LogP contribution >= 0.6 is 35.0 Å². The summed E-state index contributed by atoms with van der Waals surface area (Å²) in [5, 5.41) is 11.4. The molecule has 1 aliphatic heterocycles. The van der Waals surface area contributed by atoms with Gasteiger partial charge in [-0.15, -0.1) is 11.8 Å². The quantitative estimate of drug-likeness (QED) is 0.120. The minimum atomic E-state index is -3.06. The van der Waals surface area contributed by atoms with E-state index in [1.165, 1.54) is 34.9 Å². The summed E-state index contributed by atoms with van der Waals surface area (Å²) in [5.74, 6) is 0.384. The smallest absolute Gasteiger partial charge is 0.387 e. The second kappa shape index (κ2) is 15.1. The molecule has 0 radical (unpaired) electrons. The van der Waals surface area contributed by atoms with E-state index in [2.05, 4.69) is 0 Å². The second-order valence-electron chi connectivity index (χ2n) is 11.4. The van der Waals surface area contributed by atoms with Crippen molar-refractivity contribution < 1.29 is 37.3 Å². The maximum absolute atomic E-state index is 13.8. The molecule has 14 heteroatoms. The van der Waals surface area contributed by atoms with Crippen LogP contribution in [-0.2, 0) is 22.5 Å². The van der Waals surface area contributed by atoms with E-state index < -0.39 is 24.1 Å². The minimum absolute atomic E-state index is 0.000114. The zero-order valence-corrected chi connectivity index (χ0v) is 27.5. The Hall–Kier alpha value is -3.32. The van der Waals surface area contributed by atoms with Crippen molar-refractivity contribution in [3.05, 3.63) is 92.4 Å². The first-order valence-corrected chi connectivity index (χ1v) is 16.4. The molecule has 1 aliphatic carbocycles. The first kappa shape index (κ1) is 34.0. The number of pyridine rings is 1. The van der Waals surface area contributed by atoms with Crippen LogP contribution in [0.1, 0.15) is 46.0 Å². The SMILES string of the molecule is CN(C)C(=O)c1ccc(CN2CCS[C@@H]2C(=O)O[C@@H](Cc2c(Cl)c[n+]([O-])cc2Cl)c2ccc(OC(F)F)c(OCC3CC3)c2)cc1. The van der Waals surface area contributed by atoms with Gasteiger partial charge in [-0.25, -0.2) is 4.79 Å². The van der Waals surface area contributed by atoms with Crippen LogP contribution in [0, 0.1) is 11.1 Å². The van der Waals surface area contributed by atoms with Crippen LogP contribution in [0.5, 0.6) is 11.5 Å². The molecule has 0 bridgehead atoms. The van der Waals surface area contributed by atoms with Gasteiger partial charge >= 0.3 is 12.6 Å². The highest BCUT2D eigenvalue weighted by molar-refractivity contribution is 8.00. The third kappa shape index (κ3) is 8.72. The van der Waals surface area contributed by atoms with Crippen molar-refractivity contribution in [1.29, 1.82) is 0 Å². The summed E-state index contributed by atoms with van der Waals surface area (Å²) >= 11 is 14.2. The maximum Gasteiger partial charge on any atom is 0.387 e. The molecule has 46 heavy (non-hydrogen) atoms. The number of nitrogens with zero attached hydrogens (tertiary/aromatic N) is 3. The lowest BCUT2D eigenvalue weighted by atomic mass is 10.0. The first-order chi connectivity index (χ1) is 22.0. The Bertz CT molecular complexity index is 1540. The standard InChI is InChI=1S/C32H33Cl2F2N3O6S/c1-37(2)29(40)21-7-5-19(6-8-21)15-38-11-12-46-30(38)31(41)44-27(14-23-24(33)16-39(42)17-25(23)34)22-9-10-26(45-32(35)36)28(13-22)43-18-20-3-4-20/h5-10,13,16-17,20,27,30,32H,3-4,11-12,14-15,18H2,1-2H3/t27-,30+/m0/s1. The van der Waals surface area contributed by atoms with E-state index in [0.717, 1.165) is 30.8 Å². The Morgan fingerprint density at radius 1 is 1.09 bits per heavy atom. The van der Waals surface area contributed by atoms with Crippen molar-refractivity contribution in [2.75, 3.05) is 33.0 Å². The molecule has 1 amide bonds. The summed E-state index contributed by atoms with van der Waals surface area (Å²) in [6.07, 6.45) is 3.32. The number of aromatic nitrogens is 1. The van der Waals surface area contributed by atoms with Gasteiger partial charge in [0.05, 0.1) is 6.61 Å². The number of alkyl halides is 2. The fraction of sp³-hybridized carbons (Fsp3) is 0.406. The molecule has 2 aliphatic rings. The molecule has 0 N–H and O–H groups in total. The molecule has 2 fully saturated rings. The summed E-state index contributed by atoms with van der Waals surface area (Å²) < 4.78 is 43.5. The molecular weight excluding hydrogens is 663 g/mol. The predicted molar refractivity (Wildman–Crippen MR) is 170 cm³/mol. The lowest BCUT2D eigenvalue weighted by molar-refractivity contribution is -0.605. The number of halogens is 4. The van der Waals surface area contributed by atoms with Gasteiger partial charge < -0.3 is 24.3 Å². The Balaban J connectivity index is 1.39. The van der Waals surface area contributed by atoms with E-state index in [1.54, 1.807) is 26.2 Å². The van der Waals surface area contributed by atoms with Gasteiger partial charge in [0, 0.05) is 50.5 Å². The molecule has 5 rings (SSSR count). The van der Waals surface area contributed by atoms with Crippen LogP contribution in [0.4, 0.5) is 8.78 Å². The number of amides is 1. The van der Waals surface area contributed by atoms with Crippen LogP contribution in [0.15, 0.2) is 54.9 Å². The number of hydrogen-bond donors (Lipinski definition) is 0. The highest BCUT2D eigenvalue weighted by Gasteiger charge is 2.35. The van der Waals surface area contributed by atoms with Crippen molar-refractivity contribution in [3.63, 3.8) is 0 Å². The van der Waals surface area contributed by atoms with E-state index in [0.29, 0.717) is 52.8 Å². The number of hydrogen-bond acceptors (Lipinski definition) is 8. The molecular formula is C32H33Cl2F2N3O6S. The summed E-state index contributed by atoms with van der Waals surface area (Å²) in [7, 11) is 3.38. The lowest BCUT2D eigenvalue weighted by Gasteiger charge is -2.26. The molecule has 2 atom stereocenters. The van der Waals surface area contributed by atoms with Gasteiger partial charge in [-0.05, 0) is 54.2 Å². The van der Waals surface area contributed by atoms with Crippen molar-refractivity contribution in [2.24, 2.45) is 5.92 Å². The van der Waals surface area contributed by atoms with Crippen LogP contribution in [-0.4, -0.2) is 66.7 Å². The Morgan fingerprint density at radius 3 is 2.41 bits per heavy atom. The summed E-state index contributed by atoms with van der Waals surface area (Å²) in [4.78, 5) is 29.5. The molecule has 2 heterocycles. The van der Waals surface area contributed by atoms with Gasteiger partial charge in [-0.1, -0.05) is 41.4 Å². The van der Waals surface area contributed by atoms with E-state index >= 15 is 0 Å². The Kier molecular flexibility index (Phi) is 11.1. The average Bonchev–Trinajstić information content (AvgIpc) is 3.73. The molecule has 0 unspecified atom stereocenters. The van der Waals surface area contributed by atoms with Crippen LogP contribution in [0.2, 0.25) is 10.0 Å². The molecule has 2 aromatic carbocycles. The molecule has 0 spiro atoms. The third-order valence-corrected chi connectivity index (χ3v) is 9.49. The predicted octanol–water partition coefficient (Wildman–Crippen LogP) is 6.12. The van der Waals surface area contributed by atoms with Crippen molar-refractivity contribution >= 4 is 46.8 Å². The monoisotopic (exact) mass is 695 g/mol. The zero-order valence-electron chi connectivity index (χ0n) is 25.2. The fourth-order valence-corrected chi connectivity index (χ4v) is 6.73. The maximum atomic E-state index is 13.8. The Morgan fingerprint density at radius 2 is 1.78 bits per heavy atom. The van der Waals surface area contributed by atoms with Crippen LogP contribution in [0.25, 0.3) is 0 Å². The van der Waals surface area contributed by atoms with Gasteiger partial charge in [0.15, 0.2) is 29.3 Å². The van der Waals surface area contributed by atoms with E-state index in [9.17, 15) is 23.6 Å². The molecule has 246 valence electrons. The molecule has 1 aromatic heterocycles. The van der Waals surface area contributed by atoms with Gasteiger partial charge in [-0.3, -0.25) is 9.69 Å². The lowest BCUT2D eigenvalue weighted by Crippen LogP contribution is -2.36. The number of ether oxygens (including phenoxy) is 3. The second-order valence-corrected chi connectivity index (χ2v) is 13.4. The zero-order chi connectivity index (χ0) is 33.0. The minimum Gasteiger partial charge on any atom is -0.619 e. The van der Waals surface area contributed by atoms with E-state index in [-0.39, 0.29) is 33.9 Å². The van der Waals surface area contributed by atoms with E-state index in [4.69, 9.17) is 37.4 Å². The fourth-order valence-electron chi connectivity index (χ4n) is 4.99. The number of carbonyl (C=O) groups excluding carboxylic acids is 2. The summed E-state index contributed by atoms with van der Waals surface area (Å²) in [5.41, 5.74) is 2.31. The average molecular weight is 697 g/mol. The summed E-state index contributed by atoms with van der Waals surface area (Å²) in [6, 6.07) is 11.6. The largest absolute Gasteiger partial charge is 0.619 e. The Labute approximate surface area is 279 Å². The number of esters is 1. The third-order valence-electron chi connectivity index (χ3n) is 7.61. The summed E-state index contributed by atoms with van der Waals surface area (Å²) in [6.45, 7) is -1.64. The normalized spacial score (nSPS) is 17.2. The topological polar surface area (TPSA) is 95.3 Å². The van der Waals surface area contributed by atoms with Crippen molar-refractivity contribution in [2.45, 2.75) is 43.9 Å². The molecule has 9 nitrogen and oxygen atoms in total. The van der Waals surface area contributed by atoms with Crippen LogP contribution < -0.4 is 14.2 Å². The molecule has 3 aromatic rings. The van der Waals surface area contributed by atoms with E-state index in [1.807, 2.05) is 17.0 Å². The highest BCUT2D eigenvalue weighted by atomic mass is 35.5. The molecule has 1 saturated heterocycles. The highest BCUT2D eigenvalue weighted by Crippen LogP contribution is 2.38. The van der Waals surface area contributed by atoms with Crippen molar-refractivity contribution in [3.8, 4) is 11.5 Å². The first-order valence-electron chi connectivity index (χ1n) is 14.6. The van der Waals surface area contributed by atoms with Gasteiger partial charge in [0.2, 0.25) is 0 Å². The van der Waals surface area contributed by atoms with Crippen LogP contribution in [0.3, 0.4) is 0 Å². The molecule has 1 saturated carbocycles. The van der Waals surface area contributed by atoms with Gasteiger partial charge in [0.1, 0.15) is 16.1 Å².